The molecule has 1 rings (SSSR count). The van der Waals surface area contributed by atoms with Gasteiger partial charge in [-0.25, -0.2) is 0 Å². The molecule has 0 radical (unpaired) electrons. The molecule has 1 aromatic heterocycles. The summed E-state index contributed by atoms with van der Waals surface area (Å²) in [5.41, 5.74) is 0.340. The maximum Gasteiger partial charge on any atom is 0.0907 e. The van der Waals surface area contributed by atoms with Crippen molar-refractivity contribution in [2.45, 2.75) is 20.5 Å². The van der Waals surface area contributed by atoms with E-state index < -0.39 is 0 Å². The Morgan fingerprint density at radius 1 is 1.70 bits per heavy atom. The summed E-state index contributed by atoms with van der Waals surface area (Å²) in [4.78, 5) is 0.158. The number of halogens is 1. The van der Waals surface area contributed by atoms with Gasteiger partial charge in [-0.3, -0.25) is 0 Å². The average Bonchev–Trinajstić information content (AvgIpc) is 2.40. The number of aromatic nitrogens is 2. The Kier molecular flexibility index (Phi) is 4.49. The molecule has 4 heteroatoms. The van der Waals surface area contributed by atoms with Crippen molar-refractivity contribution >= 4 is 0 Å². The third-order valence-corrected chi connectivity index (χ3v) is 0.776. The molecule has 0 atom stereocenters. The minimum Gasteiger partial charge on any atom is -0.390 e. The van der Waals surface area contributed by atoms with E-state index in [2.05, 4.69) is 5.10 Å². The fourth-order valence-electron chi connectivity index (χ4n) is 0.421. The van der Waals surface area contributed by atoms with E-state index in [0.717, 1.165) is 6.20 Å². The molecule has 0 saturated heterocycles. The third kappa shape index (κ3) is 2.59. The van der Waals surface area contributed by atoms with Crippen molar-refractivity contribution in [3.05, 3.63) is 18.0 Å². The van der Waals surface area contributed by atoms with Gasteiger partial charge in [-0.1, -0.05) is 18.3 Å². The molecule has 0 bridgehead atoms. The Morgan fingerprint density at radius 2 is 2.30 bits per heavy atom. The zero-order valence-electron chi connectivity index (χ0n) is 6.08. The Morgan fingerprint density at radius 3 is 2.50 bits per heavy atom. The first-order valence-electron chi connectivity index (χ1n) is 3.14. The highest BCUT2D eigenvalue weighted by atomic mass is 19.2. The fraction of sp³-hybridized carbons (Fsp3) is 0.500. The number of nitrogens with zero attached hydrogens (tertiary/aromatic N) is 2. The lowest BCUT2D eigenvalue weighted by atomic mass is 10.5. The van der Waals surface area contributed by atoms with Gasteiger partial charge in [0.2, 0.25) is 0 Å². The van der Waals surface area contributed by atoms with Crippen LogP contribution in [-0.2, 0) is 6.61 Å². The Labute approximate surface area is 59.0 Å². The van der Waals surface area contributed by atoms with Gasteiger partial charge in [-0.05, 0) is 6.07 Å². The van der Waals surface area contributed by atoms with Crippen LogP contribution in [0.5, 0.6) is 0 Å². The molecule has 10 heavy (non-hydrogen) atoms. The third-order valence-electron chi connectivity index (χ3n) is 0.776. The first-order valence-corrected chi connectivity index (χ1v) is 3.14. The zero-order valence-corrected chi connectivity index (χ0v) is 6.08. The topological polar surface area (TPSA) is 38.0 Å². The van der Waals surface area contributed by atoms with Crippen LogP contribution in [0.4, 0.5) is 4.48 Å². The van der Waals surface area contributed by atoms with Gasteiger partial charge in [0.05, 0.1) is 18.5 Å². The molecule has 0 saturated carbocycles. The number of hydrogen-bond acceptors (Lipinski definition) is 2. The second-order valence-corrected chi connectivity index (χ2v) is 1.35. The van der Waals surface area contributed by atoms with Crippen LogP contribution in [0.2, 0.25) is 0 Å². The zero-order chi connectivity index (χ0) is 7.98. The summed E-state index contributed by atoms with van der Waals surface area (Å²) < 4.78 is 11.8. The lowest BCUT2D eigenvalue weighted by Gasteiger charge is -1.79. The van der Waals surface area contributed by atoms with E-state index in [9.17, 15) is 4.48 Å². The molecule has 1 aromatic rings. The standard InChI is InChI=1S/C4H5FN2O.C2H6/c5-7-2-1-4(3-8)6-7;1-2/h1-2,8H,3H2;1-2H3. The molecule has 0 fully saturated rings. The Balaban J connectivity index is 0.000000371. The van der Waals surface area contributed by atoms with Crippen LogP contribution in [0.3, 0.4) is 0 Å². The van der Waals surface area contributed by atoms with Gasteiger partial charge in [0.15, 0.2) is 0 Å². The SMILES string of the molecule is CC.OCc1ccn(F)n1. The van der Waals surface area contributed by atoms with Crippen LogP contribution in [0.25, 0.3) is 0 Å². The molecular formula is C6H11FN2O. The van der Waals surface area contributed by atoms with Crippen LogP contribution in [0.15, 0.2) is 12.3 Å². The smallest absolute Gasteiger partial charge is 0.0907 e. The Hall–Kier alpha value is -0.900. The summed E-state index contributed by atoms with van der Waals surface area (Å²) in [6.07, 6.45) is 1.13. The second kappa shape index (κ2) is 4.93. The van der Waals surface area contributed by atoms with Crippen molar-refractivity contribution in [1.82, 2.24) is 10.0 Å². The fourth-order valence-corrected chi connectivity index (χ4v) is 0.421. The lowest BCUT2D eigenvalue weighted by Crippen LogP contribution is -1.85. The summed E-state index contributed by atoms with van der Waals surface area (Å²) in [5.74, 6) is 0. The van der Waals surface area contributed by atoms with Gasteiger partial charge in [0.25, 0.3) is 0 Å². The number of rotatable bonds is 1. The maximum absolute atomic E-state index is 11.8. The van der Waals surface area contributed by atoms with Crippen LogP contribution < -0.4 is 0 Å². The van der Waals surface area contributed by atoms with Crippen molar-refractivity contribution in [2.24, 2.45) is 0 Å². The van der Waals surface area contributed by atoms with E-state index in [4.69, 9.17) is 5.11 Å². The molecule has 0 aromatic carbocycles. The van der Waals surface area contributed by atoms with Crippen molar-refractivity contribution in [3.63, 3.8) is 0 Å². The van der Waals surface area contributed by atoms with Crippen LogP contribution >= 0.6 is 0 Å². The van der Waals surface area contributed by atoms with Crippen LogP contribution in [-0.4, -0.2) is 15.1 Å². The van der Waals surface area contributed by atoms with E-state index >= 15 is 0 Å². The van der Waals surface area contributed by atoms with E-state index in [1.54, 1.807) is 0 Å². The molecule has 0 aliphatic heterocycles. The van der Waals surface area contributed by atoms with Gasteiger partial charge in [0, 0.05) is 0 Å². The maximum atomic E-state index is 11.8. The average molecular weight is 146 g/mol. The molecule has 1 heterocycles. The number of aliphatic hydroxyl groups excluding tert-OH is 1. The molecule has 0 spiro atoms. The summed E-state index contributed by atoms with van der Waals surface area (Å²) in [7, 11) is 0. The molecule has 1 N–H and O–H groups in total. The van der Waals surface area contributed by atoms with Gasteiger partial charge in [0.1, 0.15) is 0 Å². The van der Waals surface area contributed by atoms with Crippen LogP contribution in [0.1, 0.15) is 19.5 Å². The number of aliphatic hydroxyl groups is 1. The molecule has 0 aliphatic rings. The first kappa shape index (κ1) is 9.10. The van der Waals surface area contributed by atoms with Gasteiger partial charge in [-0.15, -0.1) is 10.0 Å². The molecule has 0 aliphatic carbocycles. The van der Waals surface area contributed by atoms with E-state index in [0.29, 0.717) is 5.69 Å². The van der Waals surface area contributed by atoms with Crippen molar-refractivity contribution in [1.29, 1.82) is 0 Å². The summed E-state index contributed by atoms with van der Waals surface area (Å²) in [6, 6.07) is 1.40. The van der Waals surface area contributed by atoms with E-state index in [1.807, 2.05) is 13.8 Å². The van der Waals surface area contributed by atoms with Gasteiger partial charge in [-0.2, -0.15) is 0 Å². The van der Waals surface area contributed by atoms with E-state index in [1.165, 1.54) is 6.07 Å². The molecule has 58 valence electrons. The molecule has 0 amide bonds. The summed E-state index contributed by atoms with van der Waals surface area (Å²) >= 11 is 0. The van der Waals surface area contributed by atoms with Gasteiger partial charge >= 0.3 is 0 Å². The minimum absolute atomic E-state index is 0.158. The highest BCUT2D eigenvalue weighted by Gasteiger charge is 1.92. The van der Waals surface area contributed by atoms with Crippen LogP contribution in [0, 0.1) is 0 Å². The minimum atomic E-state index is -0.211. The summed E-state index contributed by atoms with van der Waals surface area (Å²) in [6.45, 7) is 3.79. The molecular weight excluding hydrogens is 135 g/mol. The second-order valence-electron chi connectivity index (χ2n) is 1.35. The van der Waals surface area contributed by atoms with Crippen molar-refractivity contribution in [3.8, 4) is 0 Å². The van der Waals surface area contributed by atoms with E-state index in [-0.39, 0.29) is 11.5 Å². The predicted molar refractivity (Wildman–Crippen MR) is 36.0 cm³/mol. The summed E-state index contributed by atoms with van der Waals surface area (Å²) in [5, 5.41) is 11.5. The van der Waals surface area contributed by atoms with Crippen molar-refractivity contribution < 1.29 is 9.59 Å². The predicted octanol–water partition coefficient (Wildman–Crippen LogP) is 1.13. The monoisotopic (exact) mass is 146 g/mol. The normalized spacial score (nSPS) is 8.40. The first-order chi connectivity index (χ1) is 4.83. The largest absolute Gasteiger partial charge is 0.390 e. The Bertz CT molecular complexity index is 176. The van der Waals surface area contributed by atoms with Crippen molar-refractivity contribution in [2.75, 3.05) is 0 Å². The lowest BCUT2D eigenvalue weighted by molar-refractivity contribution is 0.262. The van der Waals surface area contributed by atoms with Gasteiger partial charge < -0.3 is 5.11 Å². The molecule has 3 nitrogen and oxygen atoms in total. The highest BCUT2D eigenvalue weighted by molar-refractivity contribution is 4.95. The quantitative estimate of drug-likeness (QED) is 0.645. The number of hydrogen-bond donors (Lipinski definition) is 1. The highest BCUT2D eigenvalue weighted by Crippen LogP contribution is 1.92. The molecule has 0 unspecified atom stereocenters.